The first-order chi connectivity index (χ1) is 8.11. The summed E-state index contributed by atoms with van der Waals surface area (Å²) in [6.07, 6.45) is 2.79. The number of para-hydroxylation sites is 1. The molecule has 1 heterocycles. The van der Waals surface area contributed by atoms with Crippen molar-refractivity contribution in [1.82, 2.24) is 0 Å². The molecule has 1 saturated heterocycles. The fourth-order valence-electron chi connectivity index (χ4n) is 2.33. The quantitative estimate of drug-likeness (QED) is 0.789. The van der Waals surface area contributed by atoms with E-state index in [1.54, 1.807) is 18.2 Å². The van der Waals surface area contributed by atoms with E-state index in [2.05, 4.69) is 0 Å². The number of primary amides is 1. The number of hydrogen-bond donors (Lipinski definition) is 2. The maximum atomic E-state index is 11.5. The summed E-state index contributed by atoms with van der Waals surface area (Å²) in [4.78, 5) is 13.4. The molecule has 0 radical (unpaired) electrons. The molecule has 0 aromatic heterocycles. The number of nitrogen functional groups attached to an aromatic ring is 1. The van der Waals surface area contributed by atoms with Crippen molar-refractivity contribution in [3.05, 3.63) is 23.2 Å². The molecule has 0 bridgehead atoms. The number of benzene rings is 1. The lowest BCUT2D eigenvalue weighted by Gasteiger charge is -2.36. The number of rotatable bonds is 2. The van der Waals surface area contributed by atoms with Crippen LogP contribution in [0.15, 0.2) is 18.2 Å². The molecule has 4 N–H and O–H groups in total. The number of anilines is 2. The summed E-state index contributed by atoms with van der Waals surface area (Å²) in [6, 6.07) is 5.06. The van der Waals surface area contributed by atoms with Crippen molar-refractivity contribution in [3.63, 3.8) is 0 Å². The number of nitrogens with two attached hydrogens (primary N) is 2. The second kappa shape index (κ2) is 4.84. The van der Waals surface area contributed by atoms with Crippen molar-refractivity contribution in [1.29, 1.82) is 0 Å². The van der Waals surface area contributed by atoms with Gasteiger partial charge >= 0.3 is 0 Å². The van der Waals surface area contributed by atoms with E-state index in [0.717, 1.165) is 31.5 Å². The van der Waals surface area contributed by atoms with E-state index in [1.807, 2.05) is 4.90 Å². The maximum Gasteiger partial charge on any atom is 0.240 e. The first kappa shape index (κ1) is 12.0. The first-order valence-corrected chi connectivity index (χ1v) is 6.09. The molecule has 1 aromatic carbocycles. The number of carbonyl (C=O) groups excluding carboxylic acids is 1. The van der Waals surface area contributed by atoms with Crippen molar-refractivity contribution >= 4 is 28.9 Å². The molecule has 1 aliphatic rings. The third-order valence-electron chi connectivity index (χ3n) is 3.14. The van der Waals surface area contributed by atoms with Gasteiger partial charge < -0.3 is 16.4 Å². The van der Waals surface area contributed by atoms with Crippen molar-refractivity contribution in [3.8, 4) is 0 Å². The molecule has 1 aromatic rings. The van der Waals surface area contributed by atoms with Crippen LogP contribution in [0, 0.1) is 0 Å². The van der Waals surface area contributed by atoms with Gasteiger partial charge in [-0.3, -0.25) is 4.79 Å². The molecule has 92 valence electrons. The number of amides is 1. The Kier molecular flexibility index (Phi) is 3.43. The van der Waals surface area contributed by atoms with Gasteiger partial charge in [0.1, 0.15) is 6.04 Å². The van der Waals surface area contributed by atoms with Gasteiger partial charge in [0.25, 0.3) is 0 Å². The van der Waals surface area contributed by atoms with E-state index in [-0.39, 0.29) is 11.9 Å². The largest absolute Gasteiger partial charge is 0.397 e. The Morgan fingerprint density at radius 2 is 2.18 bits per heavy atom. The Bertz CT molecular complexity index is 416. The van der Waals surface area contributed by atoms with Crippen LogP contribution in [0.5, 0.6) is 0 Å². The van der Waals surface area contributed by atoms with Gasteiger partial charge in [0.2, 0.25) is 5.91 Å². The molecule has 0 aliphatic carbocycles. The monoisotopic (exact) mass is 253 g/mol. The molecule has 4 nitrogen and oxygen atoms in total. The number of piperidine rings is 1. The van der Waals surface area contributed by atoms with E-state index in [0.29, 0.717) is 10.7 Å². The summed E-state index contributed by atoms with van der Waals surface area (Å²) in [7, 11) is 0. The standard InChI is InChI=1S/C12H16ClN3O/c13-8-4-3-5-9(14)11(8)16-7-2-1-6-10(16)12(15)17/h3-5,10H,1-2,6-7,14H2,(H2,15,17). The molecule has 5 heteroatoms. The Morgan fingerprint density at radius 3 is 2.82 bits per heavy atom. The number of halogens is 1. The van der Waals surface area contributed by atoms with Gasteiger partial charge in [0.05, 0.1) is 16.4 Å². The Morgan fingerprint density at radius 1 is 1.41 bits per heavy atom. The van der Waals surface area contributed by atoms with E-state index >= 15 is 0 Å². The predicted octanol–water partition coefficient (Wildman–Crippen LogP) is 1.77. The normalized spacial score (nSPS) is 20.3. The lowest BCUT2D eigenvalue weighted by atomic mass is 10.0. The summed E-state index contributed by atoms with van der Waals surface area (Å²) < 4.78 is 0. The summed E-state index contributed by atoms with van der Waals surface area (Å²) in [5, 5.41) is 0.568. The number of carbonyl (C=O) groups is 1. The fraction of sp³-hybridized carbons (Fsp3) is 0.417. The second-order valence-electron chi connectivity index (χ2n) is 4.29. The van der Waals surface area contributed by atoms with Crippen LogP contribution in [0.2, 0.25) is 5.02 Å². The molecule has 0 spiro atoms. The molecule has 1 unspecified atom stereocenters. The molecular formula is C12H16ClN3O. The zero-order chi connectivity index (χ0) is 12.4. The summed E-state index contributed by atoms with van der Waals surface area (Å²) >= 11 is 6.16. The van der Waals surface area contributed by atoms with Crippen molar-refractivity contribution in [2.24, 2.45) is 5.73 Å². The molecule has 1 atom stereocenters. The molecule has 1 fully saturated rings. The fourth-order valence-corrected chi connectivity index (χ4v) is 2.62. The van der Waals surface area contributed by atoms with Gasteiger partial charge in [-0.2, -0.15) is 0 Å². The SMILES string of the molecule is NC(=O)C1CCCCN1c1c(N)cccc1Cl. The summed E-state index contributed by atoms with van der Waals surface area (Å²) in [6.45, 7) is 0.765. The maximum absolute atomic E-state index is 11.5. The Balaban J connectivity index is 2.39. The average molecular weight is 254 g/mol. The Labute approximate surface area is 106 Å². The highest BCUT2D eigenvalue weighted by Crippen LogP contribution is 2.35. The van der Waals surface area contributed by atoms with Crippen LogP contribution >= 0.6 is 11.6 Å². The topological polar surface area (TPSA) is 72.4 Å². The highest BCUT2D eigenvalue weighted by atomic mass is 35.5. The van der Waals surface area contributed by atoms with E-state index in [4.69, 9.17) is 23.1 Å². The van der Waals surface area contributed by atoms with Crippen LogP contribution in [0.1, 0.15) is 19.3 Å². The van der Waals surface area contributed by atoms with Crippen LogP contribution in [0.25, 0.3) is 0 Å². The predicted molar refractivity (Wildman–Crippen MR) is 70.0 cm³/mol. The second-order valence-corrected chi connectivity index (χ2v) is 4.69. The molecule has 1 amide bonds. The van der Waals surface area contributed by atoms with Crippen LogP contribution in [0.3, 0.4) is 0 Å². The van der Waals surface area contributed by atoms with Gasteiger partial charge in [-0.05, 0) is 31.4 Å². The van der Waals surface area contributed by atoms with Gasteiger partial charge in [0, 0.05) is 6.54 Å². The molecular weight excluding hydrogens is 238 g/mol. The average Bonchev–Trinajstić information content (AvgIpc) is 2.29. The van der Waals surface area contributed by atoms with E-state index in [1.165, 1.54) is 0 Å². The lowest BCUT2D eigenvalue weighted by molar-refractivity contribution is -0.119. The minimum Gasteiger partial charge on any atom is -0.397 e. The smallest absolute Gasteiger partial charge is 0.240 e. The van der Waals surface area contributed by atoms with Crippen molar-refractivity contribution in [2.45, 2.75) is 25.3 Å². The van der Waals surface area contributed by atoms with Gasteiger partial charge in [-0.1, -0.05) is 17.7 Å². The highest BCUT2D eigenvalue weighted by Gasteiger charge is 2.29. The van der Waals surface area contributed by atoms with E-state index < -0.39 is 0 Å². The van der Waals surface area contributed by atoms with Gasteiger partial charge in [-0.25, -0.2) is 0 Å². The van der Waals surface area contributed by atoms with Crippen LogP contribution in [-0.2, 0) is 4.79 Å². The van der Waals surface area contributed by atoms with E-state index in [9.17, 15) is 4.79 Å². The zero-order valence-electron chi connectivity index (χ0n) is 9.53. The lowest BCUT2D eigenvalue weighted by Crippen LogP contribution is -2.48. The van der Waals surface area contributed by atoms with Gasteiger partial charge in [0.15, 0.2) is 0 Å². The molecule has 0 saturated carbocycles. The summed E-state index contributed by atoms with van der Waals surface area (Å²) in [5.74, 6) is -0.316. The number of nitrogens with zero attached hydrogens (tertiary/aromatic N) is 1. The van der Waals surface area contributed by atoms with Crippen molar-refractivity contribution in [2.75, 3.05) is 17.2 Å². The third kappa shape index (κ3) is 2.31. The first-order valence-electron chi connectivity index (χ1n) is 5.71. The zero-order valence-corrected chi connectivity index (χ0v) is 10.3. The molecule has 1 aliphatic heterocycles. The van der Waals surface area contributed by atoms with Crippen molar-refractivity contribution < 1.29 is 4.79 Å². The van der Waals surface area contributed by atoms with Crippen LogP contribution < -0.4 is 16.4 Å². The summed E-state index contributed by atoms with van der Waals surface area (Å²) in [5.41, 5.74) is 12.7. The highest BCUT2D eigenvalue weighted by molar-refractivity contribution is 6.34. The minimum absolute atomic E-state index is 0.300. The molecule has 17 heavy (non-hydrogen) atoms. The minimum atomic E-state index is -0.316. The molecule has 2 rings (SSSR count). The van der Waals surface area contributed by atoms with Gasteiger partial charge in [-0.15, -0.1) is 0 Å². The Hall–Kier alpha value is -1.42. The van der Waals surface area contributed by atoms with Crippen LogP contribution in [-0.4, -0.2) is 18.5 Å². The third-order valence-corrected chi connectivity index (χ3v) is 3.44. The number of hydrogen-bond acceptors (Lipinski definition) is 3. The van der Waals surface area contributed by atoms with Crippen LogP contribution in [0.4, 0.5) is 11.4 Å².